The zero-order valence-electron chi connectivity index (χ0n) is 20.0. The minimum Gasteiger partial charge on any atom is -0.484 e. The number of rotatable bonds is 8. The van der Waals surface area contributed by atoms with E-state index in [0.717, 1.165) is 37.2 Å². The average Bonchev–Trinajstić information content (AvgIpc) is 3.47. The van der Waals surface area contributed by atoms with Crippen LogP contribution >= 0.6 is 11.6 Å². The summed E-state index contributed by atoms with van der Waals surface area (Å²) in [5.41, 5.74) is 4.30. The van der Waals surface area contributed by atoms with Gasteiger partial charge in [0.15, 0.2) is 6.61 Å². The third-order valence-corrected chi connectivity index (χ3v) is 6.29. The predicted molar refractivity (Wildman–Crippen MR) is 138 cm³/mol. The highest BCUT2D eigenvalue weighted by molar-refractivity contribution is 6.31. The van der Waals surface area contributed by atoms with E-state index in [1.165, 1.54) is 11.6 Å². The molecule has 0 bridgehead atoms. The molecule has 1 fully saturated rings. The van der Waals surface area contributed by atoms with Crippen molar-refractivity contribution in [3.05, 3.63) is 82.1 Å². The Kier molecular flexibility index (Phi) is 7.87. The summed E-state index contributed by atoms with van der Waals surface area (Å²) in [4.78, 5) is 26.5. The number of aromatic nitrogens is 2. The predicted octanol–water partition coefficient (Wildman–Crippen LogP) is 4.85. The number of benzene rings is 2. The van der Waals surface area contributed by atoms with E-state index in [4.69, 9.17) is 16.3 Å². The minimum atomic E-state index is -0.308. The van der Waals surface area contributed by atoms with Gasteiger partial charge in [-0.25, -0.2) is 4.68 Å². The van der Waals surface area contributed by atoms with E-state index in [1.54, 1.807) is 35.0 Å². The fraction of sp³-hybridized carbons (Fsp3) is 0.296. The van der Waals surface area contributed by atoms with Gasteiger partial charge in [0.2, 0.25) is 5.91 Å². The van der Waals surface area contributed by atoms with Crippen molar-refractivity contribution in [1.82, 2.24) is 14.7 Å². The van der Waals surface area contributed by atoms with Gasteiger partial charge in [0.05, 0.1) is 12.2 Å². The van der Waals surface area contributed by atoms with Crippen molar-refractivity contribution in [2.75, 3.05) is 25.0 Å². The summed E-state index contributed by atoms with van der Waals surface area (Å²) < 4.78 is 7.36. The maximum Gasteiger partial charge on any atom is 0.260 e. The fourth-order valence-corrected chi connectivity index (χ4v) is 4.23. The first-order valence-electron chi connectivity index (χ1n) is 11.7. The molecule has 1 aliphatic rings. The smallest absolute Gasteiger partial charge is 0.260 e. The van der Waals surface area contributed by atoms with Crippen molar-refractivity contribution in [2.24, 2.45) is 0 Å². The lowest BCUT2D eigenvalue weighted by Gasteiger charge is -2.15. The van der Waals surface area contributed by atoms with Crippen molar-refractivity contribution in [3.63, 3.8) is 0 Å². The van der Waals surface area contributed by atoms with Crippen LogP contribution in [0, 0.1) is 13.8 Å². The summed E-state index contributed by atoms with van der Waals surface area (Å²) >= 11 is 6.55. The Bertz CT molecular complexity index is 1230. The SMILES string of the molecule is Cc1ccc(Cn2nc(C)c(/C=C/C(=O)Nc3cccc(OCC(=O)N4CCCC4)c3)c2Cl)cc1. The molecule has 1 N–H and O–H groups in total. The minimum absolute atomic E-state index is 0.0122. The number of anilines is 1. The second-order valence-electron chi connectivity index (χ2n) is 8.66. The quantitative estimate of drug-likeness (QED) is 0.456. The molecule has 4 rings (SSSR count). The van der Waals surface area contributed by atoms with E-state index >= 15 is 0 Å². The summed E-state index contributed by atoms with van der Waals surface area (Å²) in [6.45, 7) is 6.02. The van der Waals surface area contributed by atoms with Crippen LogP contribution in [0.4, 0.5) is 5.69 Å². The zero-order valence-corrected chi connectivity index (χ0v) is 20.7. The molecule has 2 amide bonds. The van der Waals surface area contributed by atoms with Crippen molar-refractivity contribution < 1.29 is 14.3 Å². The van der Waals surface area contributed by atoms with Crippen LogP contribution in [0.25, 0.3) is 6.08 Å². The van der Waals surface area contributed by atoms with Gasteiger partial charge >= 0.3 is 0 Å². The normalized spacial score (nSPS) is 13.4. The van der Waals surface area contributed by atoms with Crippen LogP contribution in [0.2, 0.25) is 5.15 Å². The van der Waals surface area contributed by atoms with Gasteiger partial charge < -0.3 is 15.0 Å². The summed E-state index contributed by atoms with van der Waals surface area (Å²) in [7, 11) is 0. The van der Waals surface area contributed by atoms with Gasteiger partial charge in [0, 0.05) is 36.5 Å². The lowest BCUT2D eigenvalue weighted by Crippen LogP contribution is -2.32. The van der Waals surface area contributed by atoms with Gasteiger partial charge in [-0.15, -0.1) is 0 Å². The van der Waals surface area contributed by atoms with Gasteiger partial charge in [-0.1, -0.05) is 47.5 Å². The highest BCUT2D eigenvalue weighted by atomic mass is 35.5. The van der Waals surface area contributed by atoms with Crippen LogP contribution in [-0.4, -0.2) is 46.2 Å². The second kappa shape index (κ2) is 11.2. The van der Waals surface area contributed by atoms with Gasteiger partial charge in [-0.05, 0) is 50.5 Å². The molecule has 8 heteroatoms. The molecule has 0 atom stereocenters. The highest BCUT2D eigenvalue weighted by Crippen LogP contribution is 2.23. The van der Waals surface area contributed by atoms with E-state index in [2.05, 4.69) is 22.5 Å². The molecule has 7 nitrogen and oxygen atoms in total. The van der Waals surface area contributed by atoms with Gasteiger partial charge in [-0.2, -0.15) is 5.10 Å². The van der Waals surface area contributed by atoms with E-state index in [0.29, 0.717) is 28.7 Å². The van der Waals surface area contributed by atoms with Crippen LogP contribution in [-0.2, 0) is 16.1 Å². The molecule has 1 aromatic heterocycles. The van der Waals surface area contributed by atoms with Crippen molar-refractivity contribution in [2.45, 2.75) is 33.2 Å². The zero-order chi connectivity index (χ0) is 24.8. The van der Waals surface area contributed by atoms with Crippen molar-refractivity contribution >= 4 is 35.2 Å². The Morgan fingerprint density at radius 2 is 1.86 bits per heavy atom. The molecule has 1 aliphatic heterocycles. The van der Waals surface area contributed by atoms with Crippen molar-refractivity contribution in [1.29, 1.82) is 0 Å². The molecule has 35 heavy (non-hydrogen) atoms. The number of carbonyl (C=O) groups is 2. The van der Waals surface area contributed by atoms with E-state index < -0.39 is 0 Å². The number of nitrogens with one attached hydrogen (secondary N) is 1. The first kappa shape index (κ1) is 24.5. The van der Waals surface area contributed by atoms with Gasteiger partial charge in [-0.3, -0.25) is 9.59 Å². The molecular weight excluding hydrogens is 464 g/mol. The second-order valence-corrected chi connectivity index (χ2v) is 9.02. The number of aryl methyl sites for hydroxylation is 2. The topological polar surface area (TPSA) is 76.5 Å². The average molecular weight is 493 g/mol. The number of carbonyl (C=O) groups excluding carboxylic acids is 2. The summed E-state index contributed by atoms with van der Waals surface area (Å²) in [6.07, 6.45) is 5.18. The molecule has 2 aromatic carbocycles. The Morgan fingerprint density at radius 1 is 1.11 bits per heavy atom. The number of likely N-dealkylation sites (tertiary alicyclic amines) is 1. The number of nitrogens with zero attached hydrogens (tertiary/aromatic N) is 3. The van der Waals surface area contributed by atoms with Crippen molar-refractivity contribution in [3.8, 4) is 5.75 Å². The molecule has 0 saturated carbocycles. The highest BCUT2D eigenvalue weighted by Gasteiger charge is 2.18. The number of ether oxygens (including phenoxy) is 1. The Balaban J connectivity index is 1.35. The van der Waals surface area contributed by atoms with E-state index in [-0.39, 0.29) is 18.4 Å². The Morgan fingerprint density at radius 3 is 2.60 bits per heavy atom. The third-order valence-electron chi connectivity index (χ3n) is 5.89. The van der Waals surface area contributed by atoms with Crippen LogP contribution in [0.1, 0.15) is 35.2 Å². The number of amides is 2. The van der Waals surface area contributed by atoms with Crippen LogP contribution < -0.4 is 10.1 Å². The molecule has 1 saturated heterocycles. The van der Waals surface area contributed by atoms with Gasteiger partial charge in [0.25, 0.3) is 5.91 Å². The molecule has 0 spiro atoms. The molecule has 0 unspecified atom stereocenters. The molecular formula is C27H29ClN4O3. The molecule has 0 aliphatic carbocycles. The Hall–Kier alpha value is -3.58. The summed E-state index contributed by atoms with van der Waals surface area (Å²) in [6, 6.07) is 15.2. The maximum atomic E-state index is 12.5. The standard InChI is InChI=1S/C27H29ClN4O3/c1-19-8-10-21(11-9-19)17-32-27(28)24(20(2)30-32)12-13-25(33)29-22-6-5-7-23(16-22)35-18-26(34)31-14-3-4-15-31/h5-13,16H,3-4,14-15,17-18H2,1-2H3,(H,29,33)/b13-12+. The molecule has 182 valence electrons. The number of hydrogen-bond acceptors (Lipinski definition) is 4. The fourth-order valence-electron chi connectivity index (χ4n) is 3.94. The van der Waals surface area contributed by atoms with Crippen LogP contribution in [0.3, 0.4) is 0 Å². The number of halogens is 1. The summed E-state index contributed by atoms with van der Waals surface area (Å²) in [5, 5.41) is 7.81. The van der Waals surface area contributed by atoms with E-state index in [9.17, 15) is 9.59 Å². The Labute approximate surface area is 210 Å². The lowest BCUT2D eigenvalue weighted by molar-refractivity contribution is -0.132. The molecule has 3 aromatic rings. The first-order chi connectivity index (χ1) is 16.9. The molecule has 2 heterocycles. The van der Waals surface area contributed by atoms with Gasteiger partial charge in [0.1, 0.15) is 10.9 Å². The maximum absolute atomic E-state index is 12.5. The number of hydrogen-bond donors (Lipinski definition) is 1. The first-order valence-corrected chi connectivity index (χ1v) is 12.0. The monoisotopic (exact) mass is 492 g/mol. The molecule has 0 radical (unpaired) electrons. The van der Waals surface area contributed by atoms with Crippen LogP contribution in [0.15, 0.2) is 54.6 Å². The van der Waals surface area contributed by atoms with E-state index in [1.807, 2.05) is 30.9 Å². The lowest BCUT2D eigenvalue weighted by atomic mass is 10.1. The summed E-state index contributed by atoms with van der Waals surface area (Å²) in [5.74, 6) is 0.197. The largest absolute Gasteiger partial charge is 0.484 e. The van der Waals surface area contributed by atoms with Crippen LogP contribution in [0.5, 0.6) is 5.75 Å². The third kappa shape index (κ3) is 6.51.